The minimum absolute atomic E-state index is 0.307. The summed E-state index contributed by atoms with van der Waals surface area (Å²) in [5.41, 5.74) is 0.893. The molecule has 1 aromatic carbocycles. The zero-order valence-corrected chi connectivity index (χ0v) is 11.9. The van der Waals surface area contributed by atoms with Crippen molar-refractivity contribution in [3.05, 3.63) is 46.2 Å². The number of nitrogens with zero attached hydrogens (tertiary/aromatic N) is 2. The van der Waals surface area contributed by atoms with E-state index in [0.717, 1.165) is 5.56 Å². The highest BCUT2D eigenvalue weighted by Crippen LogP contribution is 2.25. The summed E-state index contributed by atoms with van der Waals surface area (Å²) >= 11 is 13.4. The van der Waals surface area contributed by atoms with Crippen molar-refractivity contribution in [2.75, 3.05) is 6.26 Å². The lowest BCUT2D eigenvalue weighted by Crippen LogP contribution is -1.99. The van der Waals surface area contributed by atoms with E-state index < -0.39 is 0 Å². The van der Waals surface area contributed by atoms with E-state index in [1.54, 1.807) is 6.20 Å². The molecule has 94 valence electrons. The van der Waals surface area contributed by atoms with Crippen LogP contribution in [0.3, 0.4) is 0 Å². The van der Waals surface area contributed by atoms with E-state index in [1.165, 1.54) is 11.8 Å². The van der Waals surface area contributed by atoms with Crippen LogP contribution in [0, 0.1) is 0 Å². The molecule has 0 aliphatic rings. The molecule has 0 unspecified atom stereocenters. The number of halogens is 2. The van der Waals surface area contributed by atoms with Crippen LogP contribution in [0.4, 0.5) is 0 Å². The lowest BCUT2D eigenvalue weighted by molar-refractivity contribution is 0.303. The molecular formula is C12H10Cl2N2OS. The molecule has 0 N–H and O–H groups in total. The second kappa shape index (κ2) is 6.27. The fourth-order valence-corrected chi connectivity index (χ4v) is 2.07. The monoisotopic (exact) mass is 300 g/mol. The van der Waals surface area contributed by atoms with E-state index in [0.29, 0.717) is 27.7 Å². The van der Waals surface area contributed by atoms with Gasteiger partial charge in [-0.1, -0.05) is 53.2 Å². The quantitative estimate of drug-likeness (QED) is 0.484. The largest absolute Gasteiger partial charge is 0.484 e. The normalized spacial score (nSPS) is 10.4. The molecule has 0 aliphatic heterocycles. The van der Waals surface area contributed by atoms with Gasteiger partial charge in [-0.05, 0) is 12.3 Å². The third kappa shape index (κ3) is 3.28. The van der Waals surface area contributed by atoms with E-state index in [4.69, 9.17) is 27.9 Å². The Bertz CT molecular complexity index is 551. The maximum atomic E-state index is 6.03. The molecule has 1 aromatic heterocycles. The minimum atomic E-state index is 0.307. The van der Waals surface area contributed by atoms with E-state index in [9.17, 15) is 0 Å². The van der Waals surface area contributed by atoms with E-state index >= 15 is 0 Å². The molecule has 2 aromatic rings. The van der Waals surface area contributed by atoms with Crippen molar-refractivity contribution >= 4 is 35.0 Å². The van der Waals surface area contributed by atoms with Gasteiger partial charge in [-0.3, -0.25) is 0 Å². The van der Waals surface area contributed by atoms with Gasteiger partial charge in [0.05, 0.1) is 6.20 Å². The summed E-state index contributed by atoms with van der Waals surface area (Å²) in [6, 6.07) is 7.48. The van der Waals surface area contributed by atoms with Gasteiger partial charge in [0.15, 0.2) is 16.1 Å². The molecule has 0 aliphatic carbocycles. The summed E-state index contributed by atoms with van der Waals surface area (Å²) in [6.45, 7) is 0.335. The predicted molar refractivity (Wildman–Crippen MR) is 74.6 cm³/mol. The second-order valence-electron chi connectivity index (χ2n) is 3.39. The number of thioether (sulfide) groups is 1. The number of rotatable bonds is 4. The van der Waals surface area contributed by atoms with Crippen LogP contribution >= 0.6 is 35.0 Å². The zero-order valence-electron chi connectivity index (χ0n) is 9.56. The van der Waals surface area contributed by atoms with Crippen molar-refractivity contribution in [1.82, 2.24) is 9.97 Å². The van der Waals surface area contributed by atoms with Gasteiger partial charge in [0.1, 0.15) is 6.61 Å². The highest BCUT2D eigenvalue weighted by Gasteiger charge is 2.07. The topological polar surface area (TPSA) is 35.0 Å². The molecule has 0 fully saturated rings. The predicted octanol–water partition coefficient (Wildman–Crippen LogP) is 4.08. The van der Waals surface area contributed by atoms with Gasteiger partial charge in [0.2, 0.25) is 0 Å². The van der Waals surface area contributed by atoms with Crippen LogP contribution in [-0.4, -0.2) is 16.2 Å². The van der Waals surface area contributed by atoms with Crippen LogP contribution in [0.2, 0.25) is 10.2 Å². The first kappa shape index (κ1) is 13.5. The Hall–Kier alpha value is -0.970. The summed E-state index contributed by atoms with van der Waals surface area (Å²) in [4.78, 5) is 8.19. The Morgan fingerprint density at radius 3 is 2.72 bits per heavy atom. The van der Waals surface area contributed by atoms with Crippen LogP contribution in [0.5, 0.6) is 5.75 Å². The molecule has 1 heterocycles. The molecule has 0 atom stereocenters. The van der Waals surface area contributed by atoms with Crippen LogP contribution in [0.15, 0.2) is 35.6 Å². The van der Waals surface area contributed by atoms with Gasteiger partial charge in [0, 0.05) is 10.6 Å². The highest BCUT2D eigenvalue weighted by atomic mass is 35.5. The van der Waals surface area contributed by atoms with Gasteiger partial charge in [-0.2, -0.15) is 0 Å². The average molecular weight is 301 g/mol. The number of hydrogen-bond donors (Lipinski definition) is 0. The molecule has 3 nitrogen and oxygen atoms in total. The number of benzene rings is 1. The van der Waals surface area contributed by atoms with Gasteiger partial charge in [-0.25, -0.2) is 9.97 Å². The van der Waals surface area contributed by atoms with Gasteiger partial charge >= 0.3 is 0 Å². The van der Waals surface area contributed by atoms with E-state index in [1.807, 2.05) is 30.5 Å². The third-order valence-electron chi connectivity index (χ3n) is 2.21. The van der Waals surface area contributed by atoms with Crippen LogP contribution in [0.1, 0.15) is 5.56 Å². The highest BCUT2D eigenvalue weighted by molar-refractivity contribution is 7.98. The van der Waals surface area contributed by atoms with Crippen molar-refractivity contribution in [3.63, 3.8) is 0 Å². The molecule has 0 saturated heterocycles. The molecular weight excluding hydrogens is 291 g/mol. The molecule has 0 bridgehead atoms. The fraction of sp³-hybridized carbons (Fsp3) is 0.167. The Morgan fingerprint density at radius 1 is 1.28 bits per heavy atom. The molecule has 0 saturated carbocycles. The maximum absolute atomic E-state index is 6.03. The zero-order chi connectivity index (χ0) is 13.0. The molecule has 0 radical (unpaired) electrons. The molecule has 0 spiro atoms. The van der Waals surface area contributed by atoms with Crippen LogP contribution in [-0.2, 0) is 6.61 Å². The molecule has 0 amide bonds. The van der Waals surface area contributed by atoms with Crippen molar-refractivity contribution in [2.45, 2.75) is 11.8 Å². The fourth-order valence-electron chi connectivity index (χ4n) is 1.30. The van der Waals surface area contributed by atoms with Crippen molar-refractivity contribution in [2.24, 2.45) is 0 Å². The van der Waals surface area contributed by atoms with Crippen LogP contribution < -0.4 is 4.74 Å². The second-order valence-corrected chi connectivity index (χ2v) is 4.93. The standard InChI is InChI=1S/C12H10Cl2N2OS/c1-18-12-15-6-10(11(14)16-12)17-7-8-4-2-3-5-9(8)13/h2-6H,7H2,1H3. The Morgan fingerprint density at radius 2 is 2.06 bits per heavy atom. The van der Waals surface area contributed by atoms with Crippen molar-refractivity contribution in [3.8, 4) is 5.75 Å². The SMILES string of the molecule is CSc1ncc(OCc2ccccc2Cl)c(Cl)n1. The smallest absolute Gasteiger partial charge is 0.188 e. The first-order valence-corrected chi connectivity index (χ1v) is 7.11. The van der Waals surface area contributed by atoms with E-state index in [-0.39, 0.29) is 0 Å². The first-order valence-electron chi connectivity index (χ1n) is 5.13. The number of ether oxygens (including phenoxy) is 1. The summed E-state index contributed by atoms with van der Waals surface area (Å²) in [5, 5.41) is 1.58. The first-order chi connectivity index (χ1) is 8.70. The maximum Gasteiger partial charge on any atom is 0.188 e. The Labute approximate surface area is 120 Å². The molecule has 18 heavy (non-hydrogen) atoms. The van der Waals surface area contributed by atoms with Crippen LogP contribution in [0.25, 0.3) is 0 Å². The van der Waals surface area contributed by atoms with Crippen molar-refractivity contribution in [1.29, 1.82) is 0 Å². The lowest BCUT2D eigenvalue weighted by Gasteiger charge is -2.08. The third-order valence-corrected chi connectivity index (χ3v) is 3.41. The number of aromatic nitrogens is 2. The summed E-state index contributed by atoms with van der Waals surface area (Å²) in [7, 11) is 0. The average Bonchev–Trinajstić information content (AvgIpc) is 2.39. The molecule has 6 heteroatoms. The molecule has 2 rings (SSSR count). The number of hydrogen-bond acceptors (Lipinski definition) is 4. The minimum Gasteiger partial charge on any atom is -0.484 e. The van der Waals surface area contributed by atoms with Gasteiger partial charge in [-0.15, -0.1) is 0 Å². The summed E-state index contributed by atoms with van der Waals surface area (Å²) < 4.78 is 5.55. The summed E-state index contributed by atoms with van der Waals surface area (Å²) in [6.07, 6.45) is 3.45. The summed E-state index contributed by atoms with van der Waals surface area (Å²) in [5.74, 6) is 0.453. The Balaban J connectivity index is 2.09. The lowest BCUT2D eigenvalue weighted by atomic mass is 10.2. The van der Waals surface area contributed by atoms with Crippen molar-refractivity contribution < 1.29 is 4.74 Å². The van der Waals surface area contributed by atoms with Gasteiger partial charge in [0.25, 0.3) is 0 Å². The Kier molecular flexibility index (Phi) is 4.69. The van der Waals surface area contributed by atoms with E-state index in [2.05, 4.69) is 9.97 Å². The van der Waals surface area contributed by atoms with Gasteiger partial charge < -0.3 is 4.74 Å².